The lowest BCUT2D eigenvalue weighted by Crippen LogP contribution is -2.21. The highest BCUT2D eigenvalue weighted by molar-refractivity contribution is 5.93. The lowest BCUT2D eigenvalue weighted by Gasteiger charge is -2.14. The van der Waals surface area contributed by atoms with E-state index in [0.29, 0.717) is 5.82 Å². The van der Waals surface area contributed by atoms with Crippen LogP contribution in [0.3, 0.4) is 0 Å². The Bertz CT molecular complexity index is 889. The van der Waals surface area contributed by atoms with Crippen molar-refractivity contribution in [2.45, 2.75) is 32.6 Å². The highest BCUT2D eigenvalue weighted by Gasteiger charge is 2.19. The number of para-hydroxylation sites is 1. The van der Waals surface area contributed by atoms with Crippen molar-refractivity contribution in [1.29, 1.82) is 0 Å². The summed E-state index contributed by atoms with van der Waals surface area (Å²) in [7, 11) is 0. The van der Waals surface area contributed by atoms with E-state index in [4.69, 9.17) is 9.40 Å². The molecule has 0 aliphatic heterocycles. The molecular formula is C17H16N2O2. The first kappa shape index (κ1) is 12.4. The minimum absolute atomic E-state index is 0.000573. The second kappa shape index (κ2) is 4.58. The van der Waals surface area contributed by atoms with Crippen LogP contribution in [0.4, 0.5) is 0 Å². The van der Waals surface area contributed by atoms with Crippen molar-refractivity contribution < 1.29 is 4.42 Å². The minimum Gasteiger partial charge on any atom is -0.461 e. The second-order valence-electron chi connectivity index (χ2n) is 5.58. The zero-order valence-corrected chi connectivity index (χ0v) is 11.9. The van der Waals surface area contributed by atoms with Gasteiger partial charge in [-0.1, -0.05) is 18.2 Å². The van der Waals surface area contributed by atoms with E-state index in [1.165, 1.54) is 0 Å². The second-order valence-corrected chi connectivity index (χ2v) is 5.58. The normalized spacial score (nSPS) is 14.3. The molecule has 4 heteroatoms. The summed E-state index contributed by atoms with van der Waals surface area (Å²) in [6, 6.07) is 7.85. The standard InChI is InChI=1S/C17H16N2O2/c1-10-15(12-7-3-5-9-14(12)21-10)16-18-13-8-4-2-6-11(13)17(20)19-16/h3,5,7,9H,2,4,6,8H2,1H3,(H,18,19,20). The maximum Gasteiger partial charge on any atom is 0.254 e. The summed E-state index contributed by atoms with van der Waals surface area (Å²) in [6.07, 6.45) is 3.91. The van der Waals surface area contributed by atoms with E-state index in [2.05, 4.69) is 4.98 Å². The van der Waals surface area contributed by atoms with Gasteiger partial charge in [-0.15, -0.1) is 0 Å². The number of furan rings is 1. The lowest BCUT2D eigenvalue weighted by atomic mass is 9.97. The highest BCUT2D eigenvalue weighted by atomic mass is 16.3. The number of fused-ring (bicyclic) bond motifs is 2. The summed E-state index contributed by atoms with van der Waals surface area (Å²) in [4.78, 5) is 20.0. The molecule has 0 amide bonds. The van der Waals surface area contributed by atoms with E-state index in [0.717, 1.165) is 59.2 Å². The quantitative estimate of drug-likeness (QED) is 0.743. The van der Waals surface area contributed by atoms with Gasteiger partial charge in [-0.05, 0) is 38.7 Å². The van der Waals surface area contributed by atoms with Crippen molar-refractivity contribution >= 4 is 11.0 Å². The molecule has 1 aliphatic rings. The smallest absolute Gasteiger partial charge is 0.254 e. The van der Waals surface area contributed by atoms with Crippen molar-refractivity contribution in [1.82, 2.24) is 9.97 Å². The first-order chi connectivity index (χ1) is 10.2. The van der Waals surface area contributed by atoms with Crippen LogP contribution in [0.2, 0.25) is 0 Å². The Hall–Kier alpha value is -2.36. The molecule has 1 aromatic carbocycles. The first-order valence-corrected chi connectivity index (χ1v) is 7.34. The summed E-state index contributed by atoms with van der Waals surface area (Å²) in [5.41, 5.74) is 3.53. The Morgan fingerprint density at radius 2 is 2.00 bits per heavy atom. The Morgan fingerprint density at radius 1 is 1.19 bits per heavy atom. The predicted molar refractivity (Wildman–Crippen MR) is 81.4 cm³/mol. The Balaban J connectivity index is 1.99. The molecule has 0 spiro atoms. The van der Waals surface area contributed by atoms with Crippen LogP contribution in [0.15, 0.2) is 33.5 Å². The van der Waals surface area contributed by atoms with Crippen LogP contribution in [0.25, 0.3) is 22.4 Å². The third-order valence-electron chi connectivity index (χ3n) is 4.20. The molecule has 0 saturated carbocycles. The van der Waals surface area contributed by atoms with E-state index < -0.39 is 0 Å². The SMILES string of the molecule is Cc1oc2ccccc2c1-c1nc2c(c(=O)[nH]1)CCCC2. The van der Waals surface area contributed by atoms with Gasteiger partial charge in [-0.3, -0.25) is 4.79 Å². The van der Waals surface area contributed by atoms with E-state index in [9.17, 15) is 4.79 Å². The molecule has 21 heavy (non-hydrogen) atoms. The summed E-state index contributed by atoms with van der Waals surface area (Å²) in [5.74, 6) is 1.42. The van der Waals surface area contributed by atoms with Gasteiger partial charge in [-0.2, -0.15) is 0 Å². The average molecular weight is 280 g/mol. The minimum atomic E-state index is -0.000573. The maximum atomic E-state index is 12.3. The molecular weight excluding hydrogens is 264 g/mol. The number of rotatable bonds is 1. The maximum absolute atomic E-state index is 12.3. The van der Waals surface area contributed by atoms with E-state index in [1.54, 1.807) is 0 Å². The number of benzene rings is 1. The van der Waals surface area contributed by atoms with Crippen LogP contribution in [-0.2, 0) is 12.8 Å². The average Bonchev–Trinajstić information content (AvgIpc) is 2.83. The molecule has 106 valence electrons. The molecule has 1 aliphatic carbocycles. The summed E-state index contributed by atoms with van der Waals surface area (Å²) >= 11 is 0. The molecule has 0 fully saturated rings. The van der Waals surface area contributed by atoms with Crippen LogP contribution in [0, 0.1) is 6.92 Å². The van der Waals surface area contributed by atoms with Crippen molar-refractivity contribution in [2.75, 3.05) is 0 Å². The number of aromatic amines is 1. The zero-order chi connectivity index (χ0) is 14.4. The lowest BCUT2D eigenvalue weighted by molar-refractivity contribution is 0.579. The number of aromatic nitrogens is 2. The van der Waals surface area contributed by atoms with Gasteiger partial charge >= 0.3 is 0 Å². The number of H-pyrrole nitrogens is 1. The largest absolute Gasteiger partial charge is 0.461 e. The summed E-state index contributed by atoms with van der Waals surface area (Å²) in [5, 5.41) is 0.994. The van der Waals surface area contributed by atoms with Crippen LogP contribution < -0.4 is 5.56 Å². The van der Waals surface area contributed by atoms with E-state index in [1.807, 2.05) is 31.2 Å². The number of nitrogens with one attached hydrogen (secondary N) is 1. The van der Waals surface area contributed by atoms with Gasteiger partial charge in [-0.25, -0.2) is 4.98 Å². The van der Waals surface area contributed by atoms with Gasteiger partial charge in [0.1, 0.15) is 17.2 Å². The molecule has 2 heterocycles. The fourth-order valence-electron chi connectivity index (χ4n) is 3.18. The fraction of sp³-hybridized carbons (Fsp3) is 0.294. The van der Waals surface area contributed by atoms with Gasteiger partial charge in [0, 0.05) is 10.9 Å². The monoisotopic (exact) mass is 280 g/mol. The van der Waals surface area contributed by atoms with Gasteiger partial charge in [0.05, 0.1) is 11.3 Å². The summed E-state index contributed by atoms with van der Waals surface area (Å²) < 4.78 is 5.78. The molecule has 0 atom stereocenters. The third-order valence-corrected chi connectivity index (χ3v) is 4.20. The number of nitrogens with zero attached hydrogens (tertiary/aromatic N) is 1. The fourth-order valence-corrected chi connectivity index (χ4v) is 3.18. The first-order valence-electron chi connectivity index (χ1n) is 7.34. The molecule has 3 aromatic rings. The van der Waals surface area contributed by atoms with Crippen molar-refractivity contribution in [3.8, 4) is 11.4 Å². The van der Waals surface area contributed by atoms with Crippen molar-refractivity contribution in [2.24, 2.45) is 0 Å². The Kier molecular flexibility index (Phi) is 2.70. The highest BCUT2D eigenvalue weighted by Crippen LogP contribution is 2.32. The molecule has 4 rings (SSSR count). The van der Waals surface area contributed by atoms with E-state index >= 15 is 0 Å². The number of hydrogen-bond donors (Lipinski definition) is 1. The molecule has 0 saturated heterocycles. The molecule has 1 N–H and O–H groups in total. The number of aryl methyl sites for hydroxylation is 2. The van der Waals surface area contributed by atoms with Crippen LogP contribution in [0.5, 0.6) is 0 Å². The molecule has 0 radical (unpaired) electrons. The van der Waals surface area contributed by atoms with E-state index in [-0.39, 0.29) is 5.56 Å². The third kappa shape index (κ3) is 1.90. The molecule has 0 unspecified atom stereocenters. The summed E-state index contributed by atoms with van der Waals surface area (Å²) in [6.45, 7) is 1.91. The van der Waals surface area contributed by atoms with Gasteiger partial charge in [0.25, 0.3) is 5.56 Å². The van der Waals surface area contributed by atoms with Crippen LogP contribution in [-0.4, -0.2) is 9.97 Å². The van der Waals surface area contributed by atoms with Gasteiger partial charge < -0.3 is 9.40 Å². The van der Waals surface area contributed by atoms with Gasteiger partial charge in [0.15, 0.2) is 0 Å². The van der Waals surface area contributed by atoms with Crippen LogP contribution in [0.1, 0.15) is 29.9 Å². The predicted octanol–water partition coefficient (Wildman–Crippen LogP) is 3.37. The zero-order valence-electron chi connectivity index (χ0n) is 11.9. The molecule has 0 bridgehead atoms. The topological polar surface area (TPSA) is 58.9 Å². The molecule has 2 aromatic heterocycles. The van der Waals surface area contributed by atoms with Crippen LogP contribution >= 0.6 is 0 Å². The molecule has 4 nitrogen and oxygen atoms in total. The Labute approximate surface area is 121 Å². The van der Waals surface area contributed by atoms with Gasteiger partial charge in [0.2, 0.25) is 0 Å². The van der Waals surface area contributed by atoms with Crippen molar-refractivity contribution in [3.05, 3.63) is 51.6 Å². The number of hydrogen-bond acceptors (Lipinski definition) is 3. The Morgan fingerprint density at radius 3 is 2.90 bits per heavy atom. The van der Waals surface area contributed by atoms with Crippen molar-refractivity contribution in [3.63, 3.8) is 0 Å².